The van der Waals surface area contributed by atoms with Gasteiger partial charge >= 0.3 is 35.5 Å². The summed E-state index contributed by atoms with van der Waals surface area (Å²) < 4.78 is 25.2. The number of hydrogen-bond acceptors (Lipinski definition) is 4. The molecule has 1 aromatic carbocycles. The van der Waals surface area contributed by atoms with Gasteiger partial charge in [0.1, 0.15) is 0 Å². The van der Waals surface area contributed by atoms with E-state index in [0.717, 1.165) is 0 Å². The first kappa shape index (κ1) is 14.8. The van der Waals surface area contributed by atoms with Crippen molar-refractivity contribution in [2.75, 3.05) is 7.11 Å². The third kappa shape index (κ3) is 4.90. The van der Waals surface area contributed by atoms with E-state index in [0.29, 0.717) is 11.1 Å². The van der Waals surface area contributed by atoms with Gasteiger partial charge in [-0.1, -0.05) is 23.2 Å². The van der Waals surface area contributed by atoms with Crippen LogP contribution in [0.2, 0.25) is 0 Å². The SMILES string of the molecule is COC(=O)c1ccc(CS(=O)[O-])cc1.[Na+]. The number of methoxy groups -OCH3 is 1. The average Bonchev–Trinajstić information content (AvgIpc) is 2.17. The van der Waals surface area contributed by atoms with Gasteiger partial charge < -0.3 is 9.29 Å². The molecular weight excluding hydrogens is 227 g/mol. The Hall–Kier alpha value is -0.200. The van der Waals surface area contributed by atoms with Crippen LogP contribution in [0.1, 0.15) is 15.9 Å². The van der Waals surface area contributed by atoms with Crippen LogP contribution in [0.25, 0.3) is 0 Å². The van der Waals surface area contributed by atoms with Crippen LogP contribution in [-0.4, -0.2) is 21.8 Å². The molecule has 0 heterocycles. The Morgan fingerprint density at radius 2 is 1.93 bits per heavy atom. The van der Waals surface area contributed by atoms with Crippen LogP contribution in [0.15, 0.2) is 24.3 Å². The van der Waals surface area contributed by atoms with Gasteiger partial charge in [-0.25, -0.2) is 4.79 Å². The molecule has 6 heteroatoms. The molecular formula is C9H9NaO4S. The van der Waals surface area contributed by atoms with E-state index in [2.05, 4.69) is 4.74 Å². The van der Waals surface area contributed by atoms with Crippen LogP contribution in [-0.2, 0) is 21.6 Å². The summed E-state index contributed by atoms with van der Waals surface area (Å²) >= 11 is -2.10. The molecule has 0 amide bonds. The zero-order chi connectivity index (χ0) is 10.6. The molecule has 0 spiro atoms. The Morgan fingerprint density at radius 1 is 1.40 bits per heavy atom. The molecule has 0 saturated carbocycles. The second-order valence-corrected chi connectivity index (χ2v) is 3.53. The molecule has 0 radical (unpaired) electrons. The van der Waals surface area contributed by atoms with Crippen molar-refractivity contribution in [1.29, 1.82) is 0 Å². The maximum absolute atomic E-state index is 11.0. The van der Waals surface area contributed by atoms with Crippen molar-refractivity contribution in [1.82, 2.24) is 0 Å². The van der Waals surface area contributed by atoms with E-state index < -0.39 is 17.0 Å². The molecule has 76 valence electrons. The summed E-state index contributed by atoms with van der Waals surface area (Å²) in [6, 6.07) is 6.24. The van der Waals surface area contributed by atoms with Crippen LogP contribution in [0, 0.1) is 0 Å². The number of carbonyl (C=O) groups is 1. The first-order valence-electron chi connectivity index (χ1n) is 3.86. The van der Waals surface area contributed by atoms with E-state index in [1.54, 1.807) is 12.1 Å². The third-order valence-electron chi connectivity index (χ3n) is 1.66. The summed E-state index contributed by atoms with van der Waals surface area (Å²) in [4.78, 5) is 11.0. The topological polar surface area (TPSA) is 66.4 Å². The van der Waals surface area contributed by atoms with E-state index in [4.69, 9.17) is 0 Å². The van der Waals surface area contributed by atoms with Gasteiger partial charge in [-0.2, -0.15) is 0 Å². The molecule has 0 saturated heterocycles. The zero-order valence-corrected chi connectivity index (χ0v) is 11.4. The number of benzene rings is 1. The van der Waals surface area contributed by atoms with Crippen LogP contribution in [0.4, 0.5) is 0 Å². The zero-order valence-electron chi connectivity index (χ0n) is 8.56. The molecule has 0 aliphatic carbocycles. The molecule has 15 heavy (non-hydrogen) atoms. The van der Waals surface area contributed by atoms with Gasteiger partial charge in [0.15, 0.2) is 0 Å². The number of carbonyl (C=O) groups excluding carboxylic acids is 1. The Labute approximate surface area is 113 Å². The fraction of sp³-hybridized carbons (Fsp3) is 0.222. The standard InChI is InChI=1S/C9H10O4S.Na/c1-13-9(10)8-4-2-7(3-5-8)6-14(11)12;/h2-5H,6H2,1H3,(H,11,12);/q;+1/p-1. The normalized spacial score (nSPS) is 11.3. The van der Waals surface area contributed by atoms with Crippen molar-refractivity contribution in [3.63, 3.8) is 0 Å². The first-order valence-corrected chi connectivity index (χ1v) is 5.11. The molecule has 1 atom stereocenters. The minimum absolute atomic E-state index is 0. The largest absolute Gasteiger partial charge is 1.00 e. The van der Waals surface area contributed by atoms with Gasteiger partial charge in [0, 0.05) is 5.75 Å². The van der Waals surface area contributed by atoms with Gasteiger partial charge in [0.05, 0.1) is 12.7 Å². The Morgan fingerprint density at radius 3 is 2.33 bits per heavy atom. The summed E-state index contributed by atoms with van der Waals surface area (Å²) in [5.41, 5.74) is 1.05. The van der Waals surface area contributed by atoms with E-state index in [9.17, 15) is 13.6 Å². The number of esters is 1. The fourth-order valence-electron chi connectivity index (χ4n) is 0.991. The van der Waals surface area contributed by atoms with Crippen molar-refractivity contribution >= 4 is 17.0 Å². The molecule has 0 aliphatic rings. The number of ether oxygens (including phenoxy) is 1. The maximum Gasteiger partial charge on any atom is 1.00 e. The summed E-state index contributed by atoms with van der Waals surface area (Å²) in [6.07, 6.45) is 0. The van der Waals surface area contributed by atoms with Crippen LogP contribution >= 0.6 is 0 Å². The summed E-state index contributed by atoms with van der Waals surface area (Å²) in [6.45, 7) is 0. The minimum atomic E-state index is -2.10. The van der Waals surface area contributed by atoms with Crippen molar-refractivity contribution < 1.29 is 47.9 Å². The van der Waals surface area contributed by atoms with Crippen LogP contribution in [0.5, 0.6) is 0 Å². The van der Waals surface area contributed by atoms with Gasteiger partial charge in [0.2, 0.25) is 0 Å². The Balaban J connectivity index is 0.00000196. The predicted molar refractivity (Wildman–Crippen MR) is 50.4 cm³/mol. The molecule has 0 N–H and O–H groups in total. The Bertz CT molecular complexity index is 350. The smallest absolute Gasteiger partial charge is 0.772 e. The number of hydrogen-bond donors (Lipinski definition) is 0. The van der Waals surface area contributed by atoms with E-state index in [-0.39, 0.29) is 35.3 Å². The van der Waals surface area contributed by atoms with E-state index >= 15 is 0 Å². The minimum Gasteiger partial charge on any atom is -0.772 e. The monoisotopic (exact) mass is 236 g/mol. The number of rotatable bonds is 3. The summed E-state index contributed by atoms with van der Waals surface area (Å²) in [5, 5.41) is 0. The quantitative estimate of drug-likeness (QED) is 0.341. The molecule has 0 aromatic heterocycles. The molecule has 1 unspecified atom stereocenters. The average molecular weight is 236 g/mol. The molecule has 0 fully saturated rings. The molecule has 4 nitrogen and oxygen atoms in total. The van der Waals surface area contributed by atoms with Crippen LogP contribution in [0.3, 0.4) is 0 Å². The second-order valence-electron chi connectivity index (χ2n) is 2.64. The summed E-state index contributed by atoms with van der Waals surface area (Å²) in [7, 11) is 1.29. The maximum atomic E-state index is 11.0. The second kappa shape index (κ2) is 7.14. The third-order valence-corrected chi connectivity index (χ3v) is 2.23. The van der Waals surface area contributed by atoms with Gasteiger partial charge in [-0.3, -0.25) is 4.21 Å². The van der Waals surface area contributed by atoms with Crippen molar-refractivity contribution in [3.05, 3.63) is 35.4 Å². The molecule has 0 bridgehead atoms. The van der Waals surface area contributed by atoms with Gasteiger partial charge in [0.25, 0.3) is 0 Å². The fourth-order valence-corrected chi connectivity index (χ4v) is 1.46. The van der Waals surface area contributed by atoms with Gasteiger partial charge in [-0.05, 0) is 17.7 Å². The van der Waals surface area contributed by atoms with Crippen molar-refractivity contribution in [2.45, 2.75) is 5.75 Å². The molecule has 1 rings (SSSR count). The molecule has 1 aromatic rings. The Kier molecular flexibility index (Phi) is 7.04. The summed E-state index contributed by atoms with van der Waals surface area (Å²) in [5.74, 6) is -0.471. The predicted octanol–water partition coefficient (Wildman–Crippen LogP) is -2.14. The van der Waals surface area contributed by atoms with E-state index in [1.165, 1.54) is 19.2 Å². The van der Waals surface area contributed by atoms with Crippen LogP contribution < -0.4 is 29.6 Å². The first-order chi connectivity index (χ1) is 6.63. The van der Waals surface area contributed by atoms with Crippen molar-refractivity contribution in [3.8, 4) is 0 Å². The molecule has 0 aliphatic heterocycles. The van der Waals surface area contributed by atoms with E-state index in [1.807, 2.05) is 0 Å². The van der Waals surface area contributed by atoms with Crippen molar-refractivity contribution in [2.24, 2.45) is 0 Å². The van der Waals surface area contributed by atoms with Gasteiger partial charge in [-0.15, -0.1) is 0 Å².